The third-order valence-electron chi connectivity index (χ3n) is 1.58. The topological polar surface area (TPSA) is 9.23 Å². The van der Waals surface area contributed by atoms with Gasteiger partial charge in [-0.2, -0.15) is 0 Å². The Morgan fingerprint density at radius 2 is 1.25 bits per heavy atom. The second kappa shape index (κ2) is 5.09. The summed E-state index contributed by atoms with van der Waals surface area (Å²) >= 11 is 3.58. The van der Waals surface area contributed by atoms with Gasteiger partial charge in [-0.05, 0) is 18.6 Å². The van der Waals surface area contributed by atoms with Gasteiger partial charge in [-0.3, -0.25) is 0 Å². The summed E-state index contributed by atoms with van der Waals surface area (Å²) in [7, 11) is 0. The van der Waals surface area contributed by atoms with E-state index in [9.17, 15) is 0 Å². The van der Waals surface area contributed by atoms with E-state index in [-0.39, 0.29) is 9.49 Å². The number of hydrogen-bond acceptors (Lipinski definition) is 3. The number of hydrogen-bond donors (Lipinski definition) is 0. The minimum absolute atomic E-state index is 0.209. The summed E-state index contributed by atoms with van der Waals surface area (Å²) < 4.78 is 6.30. The van der Waals surface area contributed by atoms with Crippen LogP contribution in [0.2, 0.25) is 0 Å². The maximum Gasteiger partial charge on any atom is 0.158 e. The largest absolute Gasteiger partial charge is 0.444 e. The lowest BCUT2D eigenvalue weighted by Gasteiger charge is -2.25. The second-order valence-electron chi connectivity index (χ2n) is 5.81. The van der Waals surface area contributed by atoms with E-state index in [2.05, 4.69) is 53.7 Å². The average Bonchev–Trinajstić information content (AvgIpc) is 1.96. The SMILES string of the molecule is CC(C)(C)SC1=CCC=C(SC(C)(C)C)O1. The van der Waals surface area contributed by atoms with Gasteiger partial charge in [0.05, 0.1) is 0 Å². The van der Waals surface area contributed by atoms with Gasteiger partial charge < -0.3 is 4.74 Å². The summed E-state index contributed by atoms with van der Waals surface area (Å²) in [5.74, 6) is 0. The molecule has 16 heavy (non-hydrogen) atoms. The summed E-state index contributed by atoms with van der Waals surface area (Å²) in [6.45, 7) is 13.2. The van der Waals surface area contributed by atoms with E-state index >= 15 is 0 Å². The van der Waals surface area contributed by atoms with Crippen LogP contribution >= 0.6 is 23.5 Å². The van der Waals surface area contributed by atoms with Crippen LogP contribution in [-0.2, 0) is 4.74 Å². The first-order valence-corrected chi connectivity index (χ1v) is 7.25. The molecule has 0 unspecified atom stereocenters. The van der Waals surface area contributed by atoms with Crippen molar-refractivity contribution in [3.05, 3.63) is 22.3 Å². The Bertz CT molecular complexity index is 273. The molecule has 0 aromatic heterocycles. The Kier molecular flexibility index (Phi) is 4.47. The molecule has 0 saturated carbocycles. The van der Waals surface area contributed by atoms with Crippen LogP contribution in [0.25, 0.3) is 0 Å². The molecule has 0 N–H and O–H groups in total. The van der Waals surface area contributed by atoms with Gasteiger partial charge in [-0.15, -0.1) is 0 Å². The van der Waals surface area contributed by atoms with Crippen LogP contribution in [0.3, 0.4) is 0 Å². The molecule has 0 aromatic carbocycles. The lowest BCUT2D eigenvalue weighted by Crippen LogP contribution is -2.12. The molecular formula is C13H22OS2. The minimum Gasteiger partial charge on any atom is -0.444 e. The molecule has 1 nitrogen and oxygen atoms in total. The van der Waals surface area contributed by atoms with Crippen molar-refractivity contribution in [1.82, 2.24) is 0 Å². The van der Waals surface area contributed by atoms with Crippen LogP contribution in [0.15, 0.2) is 22.3 Å². The van der Waals surface area contributed by atoms with Crippen molar-refractivity contribution in [3.63, 3.8) is 0 Å². The number of rotatable bonds is 2. The average molecular weight is 258 g/mol. The van der Waals surface area contributed by atoms with Crippen molar-refractivity contribution in [2.75, 3.05) is 0 Å². The Hall–Kier alpha value is -0.0200. The Labute approximate surface area is 108 Å². The zero-order chi connectivity index (χ0) is 12.4. The molecule has 0 radical (unpaired) electrons. The van der Waals surface area contributed by atoms with Crippen molar-refractivity contribution >= 4 is 23.5 Å². The smallest absolute Gasteiger partial charge is 0.158 e. The summed E-state index contributed by atoms with van der Waals surface area (Å²) in [6.07, 6.45) is 5.29. The first-order valence-electron chi connectivity index (χ1n) is 5.62. The summed E-state index contributed by atoms with van der Waals surface area (Å²) in [4.78, 5) is 0. The molecule has 0 aromatic rings. The first kappa shape index (κ1) is 14.0. The highest BCUT2D eigenvalue weighted by Crippen LogP contribution is 2.40. The number of ether oxygens (including phenoxy) is 1. The Balaban J connectivity index is 2.54. The van der Waals surface area contributed by atoms with Crippen LogP contribution in [0.4, 0.5) is 0 Å². The van der Waals surface area contributed by atoms with Crippen molar-refractivity contribution in [2.24, 2.45) is 0 Å². The van der Waals surface area contributed by atoms with Gasteiger partial charge in [-0.25, -0.2) is 0 Å². The third-order valence-corrected chi connectivity index (χ3v) is 3.71. The standard InChI is InChI=1S/C13H22OS2/c1-12(2,3)15-10-8-7-9-11(14-10)16-13(4,5)6/h8-9H,7H2,1-6H3. The van der Waals surface area contributed by atoms with Crippen LogP contribution < -0.4 is 0 Å². The van der Waals surface area contributed by atoms with E-state index in [1.807, 2.05) is 0 Å². The van der Waals surface area contributed by atoms with E-state index in [0.717, 1.165) is 16.6 Å². The lowest BCUT2D eigenvalue weighted by molar-refractivity contribution is 0.362. The fraction of sp³-hybridized carbons (Fsp3) is 0.692. The van der Waals surface area contributed by atoms with Crippen molar-refractivity contribution in [1.29, 1.82) is 0 Å². The maximum absolute atomic E-state index is 5.89. The quantitative estimate of drug-likeness (QED) is 0.677. The molecular weight excluding hydrogens is 236 g/mol. The third kappa shape index (κ3) is 5.90. The van der Waals surface area contributed by atoms with Crippen molar-refractivity contribution in [3.8, 4) is 0 Å². The van der Waals surface area contributed by atoms with Crippen molar-refractivity contribution in [2.45, 2.75) is 57.5 Å². The molecule has 92 valence electrons. The maximum atomic E-state index is 5.89. The van der Waals surface area contributed by atoms with Gasteiger partial charge in [0.1, 0.15) is 0 Å². The molecule has 0 bridgehead atoms. The molecule has 1 aliphatic rings. The molecule has 0 saturated heterocycles. The molecule has 0 spiro atoms. The number of allylic oxidation sites excluding steroid dienone is 2. The molecule has 3 heteroatoms. The van der Waals surface area contributed by atoms with Gasteiger partial charge in [0, 0.05) is 9.49 Å². The highest BCUT2D eigenvalue weighted by Gasteiger charge is 2.21. The predicted molar refractivity (Wildman–Crippen MR) is 76.6 cm³/mol. The van der Waals surface area contributed by atoms with Crippen molar-refractivity contribution < 1.29 is 4.74 Å². The zero-order valence-electron chi connectivity index (χ0n) is 11.1. The first-order chi connectivity index (χ1) is 7.16. The molecule has 0 fully saturated rings. The summed E-state index contributed by atoms with van der Waals surface area (Å²) in [5.41, 5.74) is 0. The highest BCUT2D eigenvalue weighted by atomic mass is 32.2. The minimum atomic E-state index is 0.209. The van der Waals surface area contributed by atoms with Gasteiger partial charge in [0.2, 0.25) is 0 Å². The summed E-state index contributed by atoms with van der Waals surface area (Å²) in [5, 5.41) is 2.09. The van der Waals surface area contributed by atoms with E-state index in [4.69, 9.17) is 4.74 Å². The normalized spacial score (nSPS) is 17.6. The van der Waals surface area contributed by atoms with E-state index in [0.29, 0.717) is 0 Å². The lowest BCUT2D eigenvalue weighted by atomic mass is 10.3. The molecule has 1 heterocycles. The van der Waals surface area contributed by atoms with E-state index in [1.165, 1.54) is 0 Å². The monoisotopic (exact) mass is 258 g/mol. The van der Waals surface area contributed by atoms with Crippen LogP contribution in [0.5, 0.6) is 0 Å². The van der Waals surface area contributed by atoms with Crippen LogP contribution in [-0.4, -0.2) is 9.49 Å². The molecule has 0 amide bonds. The van der Waals surface area contributed by atoms with Gasteiger partial charge >= 0.3 is 0 Å². The fourth-order valence-corrected chi connectivity index (χ4v) is 3.04. The van der Waals surface area contributed by atoms with Gasteiger partial charge in [0.25, 0.3) is 0 Å². The van der Waals surface area contributed by atoms with E-state index < -0.39 is 0 Å². The highest BCUT2D eigenvalue weighted by molar-refractivity contribution is 8.05. The fourth-order valence-electron chi connectivity index (χ4n) is 1.16. The second-order valence-corrected chi connectivity index (χ2v) is 9.48. The summed E-state index contributed by atoms with van der Waals surface area (Å²) in [6, 6.07) is 0. The van der Waals surface area contributed by atoms with E-state index in [1.54, 1.807) is 23.5 Å². The van der Waals surface area contributed by atoms with Gasteiger partial charge in [0.15, 0.2) is 10.2 Å². The van der Waals surface area contributed by atoms with Crippen LogP contribution in [0, 0.1) is 0 Å². The molecule has 0 atom stereocenters. The Morgan fingerprint density at radius 3 is 1.56 bits per heavy atom. The Morgan fingerprint density at radius 1 is 0.875 bits per heavy atom. The molecule has 1 aliphatic heterocycles. The predicted octanol–water partition coefficient (Wildman–Crippen LogP) is 5.15. The number of thioether (sulfide) groups is 2. The van der Waals surface area contributed by atoms with Crippen LogP contribution in [0.1, 0.15) is 48.0 Å². The van der Waals surface area contributed by atoms with Gasteiger partial charge in [-0.1, -0.05) is 65.1 Å². The zero-order valence-corrected chi connectivity index (χ0v) is 12.7. The molecule has 0 aliphatic carbocycles. The molecule has 1 rings (SSSR count).